The smallest absolute Gasteiger partial charge is 0.407 e. The van der Waals surface area contributed by atoms with Crippen molar-refractivity contribution in [3.05, 3.63) is 0 Å². The van der Waals surface area contributed by atoms with Crippen LogP contribution in [0.1, 0.15) is 41.0 Å². The summed E-state index contributed by atoms with van der Waals surface area (Å²) in [4.78, 5) is 21.9. The Morgan fingerprint density at radius 3 is 2.27 bits per heavy atom. The number of aldehydes is 1. The zero-order valence-corrected chi connectivity index (χ0v) is 10.2. The molecule has 0 aromatic heterocycles. The topological polar surface area (TPSA) is 55.4 Å². The molecule has 0 aliphatic heterocycles. The second-order valence-corrected chi connectivity index (χ2v) is 4.96. The summed E-state index contributed by atoms with van der Waals surface area (Å²) in [6.07, 6.45) is 1.09. The zero-order chi connectivity index (χ0) is 12.1. The quantitative estimate of drug-likeness (QED) is 0.715. The molecule has 0 aliphatic rings. The maximum atomic E-state index is 11.3. The lowest BCUT2D eigenvalue weighted by molar-refractivity contribution is -0.114. The molecule has 0 bridgehead atoms. The summed E-state index contributed by atoms with van der Waals surface area (Å²) in [5.74, 6) is 0. The van der Waals surface area contributed by atoms with E-state index in [0.717, 1.165) is 12.7 Å². The first kappa shape index (κ1) is 13.9. The number of hydrogen-bond donors (Lipinski definition) is 1. The molecule has 4 nitrogen and oxygen atoms in total. The van der Waals surface area contributed by atoms with Gasteiger partial charge >= 0.3 is 6.09 Å². The molecule has 0 radical (unpaired) electrons. The number of rotatable bonds is 5. The molecule has 0 fully saturated rings. The van der Waals surface area contributed by atoms with E-state index in [-0.39, 0.29) is 6.54 Å². The Morgan fingerprint density at radius 1 is 1.33 bits per heavy atom. The van der Waals surface area contributed by atoms with Gasteiger partial charge in [0.1, 0.15) is 11.9 Å². The highest BCUT2D eigenvalue weighted by molar-refractivity contribution is 5.69. The van der Waals surface area contributed by atoms with E-state index in [1.165, 1.54) is 0 Å². The number of carbonyl (C=O) groups excluding carboxylic acids is 2. The number of alkyl carbamates (subject to hydrolysis) is 1. The maximum absolute atomic E-state index is 11.3. The van der Waals surface area contributed by atoms with Crippen LogP contribution >= 0.6 is 0 Å². The summed E-state index contributed by atoms with van der Waals surface area (Å²) in [6.45, 7) is 9.43. The number of amides is 1. The van der Waals surface area contributed by atoms with Crippen molar-refractivity contribution in [2.24, 2.45) is 5.41 Å². The van der Waals surface area contributed by atoms with Crippen molar-refractivity contribution in [2.45, 2.75) is 46.6 Å². The van der Waals surface area contributed by atoms with E-state index in [1.807, 2.05) is 20.8 Å². The number of ether oxygens (including phenoxy) is 1. The van der Waals surface area contributed by atoms with Gasteiger partial charge in [-0.2, -0.15) is 0 Å². The Kier molecular flexibility index (Phi) is 4.78. The second kappa shape index (κ2) is 5.14. The SMILES string of the molecule is CCC(C)(C)OC(=O)NCC(C)(C)C=O. The normalized spacial score (nSPS) is 12.1. The van der Waals surface area contributed by atoms with E-state index in [2.05, 4.69) is 5.32 Å². The van der Waals surface area contributed by atoms with Crippen molar-refractivity contribution in [1.82, 2.24) is 5.32 Å². The monoisotopic (exact) mass is 215 g/mol. The fourth-order valence-electron chi connectivity index (χ4n) is 0.701. The molecule has 1 amide bonds. The molecule has 0 saturated heterocycles. The highest BCUT2D eigenvalue weighted by Crippen LogP contribution is 2.14. The number of hydrogen-bond acceptors (Lipinski definition) is 3. The van der Waals surface area contributed by atoms with Crippen LogP contribution in [0.4, 0.5) is 4.79 Å². The van der Waals surface area contributed by atoms with E-state index in [4.69, 9.17) is 4.74 Å². The lowest BCUT2D eigenvalue weighted by Crippen LogP contribution is -2.39. The van der Waals surface area contributed by atoms with Gasteiger partial charge in [0.05, 0.1) is 0 Å². The first-order chi connectivity index (χ1) is 6.72. The highest BCUT2D eigenvalue weighted by Gasteiger charge is 2.22. The predicted octanol–water partition coefficient (Wildman–Crippen LogP) is 2.13. The first-order valence-electron chi connectivity index (χ1n) is 5.15. The highest BCUT2D eigenvalue weighted by atomic mass is 16.6. The van der Waals surface area contributed by atoms with Gasteiger partial charge in [0, 0.05) is 12.0 Å². The minimum Gasteiger partial charge on any atom is -0.444 e. The molecule has 0 aliphatic carbocycles. The molecule has 88 valence electrons. The number of carbonyl (C=O) groups is 2. The van der Waals surface area contributed by atoms with Crippen molar-refractivity contribution in [1.29, 1.82) is 0 Å². The molecule has 0 spiro atoms. The molecule has 0 aromatic rings. The van der Waals surface area contributed by atoms with Gasteiger partial charge in [0.15, 0.2) is 0 Å². The Hall–Kier alpha value is -1.06. The molecule has 0 saturated carbocycles. The van der Waals surface area contributed by atoms with Crippen molar-refractivity contribution in [2.75, 3.05) is 6.54 Å². The average Bonchev–Trinajstić information content (AvgIpc) is 2.15. The van der Waals surface area contributed by atoms with Crippen molar-refractivity contribution < 1.29 is 14.3 Å². The third kappa shape index (κ3) is 6.10. The molecule has 0 atom stereocenters. The van der Waals surface area contributed by atoms with Crippen molar-refractivity contribution in [3.8, 4) is 0 Å². The van der Waals surface area contributed by atoms with Crippen molar-refractivity contribution in [3.63, 3.8) is 0 Å². The summed E-state index contributed by atoms with van der Waals surface area (Å²) in [6, 6.07) is 0. The Balaban J connectivity index is 4.01. The Labute approximate surface area is 91.4 Å². The minimum absolute atomic E-state index is 0.287. The molecule has 0 aromatic carbocycles. The molecule has 0 heterocycles. The molecule has 0 rings (SSSR count). The Bertz CT molecular complexity index is 234. The zero-order valence-electron chi connectivity index (χ0n) is 10.2. The number of nitrogens with one attached hydrogen (secondary N) is 1. The predicted molar refractivity (Wildman–Crippen MR) is 58.7 cm³/mol. The van der Waals surface area contributed by atoms with Crippen LogP contribution in [0.3, 0.4) is 0 Å². The van der Waals surface area contributed by atoms with E-state index >= 15 is 0 Å². The van der Waals surface area contributed by atoms with Crippen LogP contribution in [-0.2, 0) is 9.53 Å². The molecular formula is C11H21NO3. The van der Waals surface area contributed by atoms with Gasteiger partial charge in [0.25, 0.3) is 0 Å². The fraction of sp³-hybridized carbons (Fsp3) is 0.818. The van der Waals surface area contributed by atoms with Crippen LogP contribution in [-0.4, -0.2) is 24.5 Å². The van der Waals surface area contributed by atoms with Crippen LogP contribution in [0.15, 0.2) is 0 Å². The lowest BCUT2D eigenvalue weighted by Gasteiger charge is -2.25. The molecule has 1 N–H and O–H groups in total. The molecular weight excluding hydrogens is 194 g/mol. The van der Waals surface area contributed by atoms with Gasteiger partial charge in [-0.25, -0.2) is 4.79 Å². The largest absolute Gasteiger partial charge is 0.444 e. The summed E-state index contributed by atoms with van der Waals surface area (Å²) < 4.78 is 5.16. The maximum Gasteiger partial charge on any atom is 0.407 e. The van der Waals surface area contributed by atoms with E-state index < -0.39 is 17.1 Å². The second-order valence-electron chi connectivity index (χ2n) is 4.96. The Morgan fingerprint density at radius 2 is 1.87 bits per heavy atom. The van der Waals surface area contributed by atoms with Crippen molar-refractivity contribution >= 4 is 12.4 Å². The van der Waals surface area contributed by atoms with Crippen LogP contribution in [0.5, 0.6) is 0 Å². The first-order valence-corrected chi connectivity index (χ1v) is 5.15. The minimum atomic E-state index is -0.546. The van der Waals surface area contributed by atoms with Gasteiger partial charge in [-0.15, -0.1) is 0 Å². The fourth-order valence-corrected chi connectivity index (χ4v) is 0.701. The molecule has 15 heavy (non-hydrogen) atoms. The van der Waals surface area contributed by atoms with Crippen LogP contribution in [0.25, 0.3) is 0 Å². The standard InChI is InChI=1S/C11H21NO3/c1-6-11(4,5)15-9(14)12-7-10(2,3)8-13/h8H,6-7H2,1-5H3,(H,12,14). The summed E-state index contributed by atoms with van der Waals surface area (Å²) >= 11 is 0. The van der Waals surface area contributed by atoms with E-state index in [0.29, 0.717) is 0 Å². The van der Waals surface area contributed by atoms with Crippen LogP contribution in [0, 0.1) is 5.41 Å². The van der Waals surface area contributed by atoms with E-state index in [1.54, 1.807) is 13.8 Å². The van der Waals surface area contributed by atoms with Gasteiger partial charge in [-0.3, -0.25) is 0 Å². The van der Waals surface area contributed by atoms with Gasteiger partial charge < -0.3 is 14.8 Å². The summed E-state index contributed by atoms with van der Waals surface area (Å²) in [7, 11) is 0. The summed E-state index contributed by atoms with van der Waals surface area (Å²) in [5, 5.41) is 2.57. The van der Waals surface area contributed by atoms with E-state index in [9.17, 15) is 9.59 Å². The summed E-state index contributed by atoms with van der Waals surface area (Å²) in [5.41, 5.74) is -1.01. The lowest BCUT2D eigenvalue weighted by atomic mass is 9.96. The van der Waals surface area contributed by atoms with Gasteiger partial charge in [0.2, 0.25) is 0 Å². The molecule has 4 heteroatoms. The van der Waals surface area contributed by atoms with Gasteiger partial charge in [-0.05, 0) is 20.3 Å². The van der Waals surface area contributed by atoms with Crippen LogP contribution in [0.2, 0.25) is 0 Å². The third-order valence-corrected chi connectivity index (χ3v) is 2.23. The average molecular weight is 215 g/mol. The molecule has 0 unspecified atom stereocenters. The van der Waals surface area contributed by atoms with Crippen LogP contribution < -0.4 is 5.32 Å². The van der Waals surface area contributed by atoms with Gasteiger partial charge in [-0.1, -0.05) is 20.8 Å². The third-order valence-electron chi connectivity index (χ3n) is 2.23.